The molecule has 9 nitrogen and oxygen atoms in total. The standard InChI is InChI=1S/C18H26N6O3/c1-4-23-12-15(13(2)19-23)11-21-7-9-22(10-8-21)17(25)14(3)24-6-5-16(20-24)18(26)27/h5-6,12,14H,4,7-11H2,1-3H3,(H,26,27). The lowest BCUT2D eigenvalue weighted by Crippen LogP contribution is -2.50. The second-order valence-corrected chi connectivity index (χ2v) is 6.86. The molecule has 1 aliphatic rings. The molecule has 0 aromatic carbocycles. The first-order valence-electron chi connectivity index (χ1n) is 9.21. The Labute approximate surface area is 158 Å². The van der Waals surface area contributed by atoms with E-state index in [0.29, 0.717) is 13.1 Å². The van der Waals surface area contributed by atoms with E-state index in [1.807, 2.05) is 16.5 Å². The maximum Gasteiger partial charge on any atom is 0.356 e. The molecule has 1 fully saturated rings. The van der Waals surface area contributed by atoms with Gasteiger partial charge in [0.2, 0.25) is 5.91 Å². The number of carboxylic acid groups (broad SMARTS) is 1. The van der Waals surface area contributed by atoms with Crippen LogP contribution in [0.3, 0.4) is 0 Å². The Hall–Kier alpha value is -2.68. The molecular formula is C18H26N6O3. The van der Waals surface area contributed by atoms with Crippen molar-refractivity contribution in [3.63, 3.8) is 0 Å². The van der Waals surface area contributed by atoms with E-state index in [9.17, 15) is 9.59 Å². The second-order valence-electron chi connectivity index (χ2n) is 6.86. The van der Waals surface area contributed by atoms with E-state index in [1.54, 1.807) is 6.92 Å². The van der Waals surface area contributed by atoms with Crippen LogP contribution >= 0.6 is 0 Å². The van der Waals surface area contributed by atoms with Crippen LogP contribution in [0.1, 0.15) is 41.6 Å². The van der Waals surface area contributed by atoms with Crippen molar-refractivity contribution in [3.05, 3.63) is 35.4 Å². The van der Waals surface area contributed by atoms with Crippen molar-refractivity contribution in [2.24, 2.45) is 0 Å². The number of carbonyl (C=O) groups excluding carboxylic acids is 1. The number of carboxylic acids is 1. The largest absolute Gasteiger partial charge is 0.476 e. The zero-order valence-corrected chi connectivity index (χ0v) is 16.0. The lowest BCUT2D eigenvalue weighted by Gasteiger charge is -2.35. The first-order chi connectivity index (χ1) is 12.9. The zero-order valence-electron chi connectivity index (χ0n) is 16.0. The number of carbonyl (C=O) groups is 2. The van der Waals surface area contributed by atoms with Gasteiger partial charge in [-0.15, -0.1) is 0 Å². The molecule has 3 rings (SSSR count). The van der Waals surface area contributed by atoms with Crippen molar-refractivity contribution in [2.75, 3.05) is 26.2 Å². The summed E-state index contributed by atoms with van der Waals surface area (Å²) in [5, 5.41) is 17.4. The minimum atomic E-state index is -1.09. The van der Waals surface area contributed by atoms with Crippen LogP contribution in [0.5, 0.6) is 0 Å². The quantitative estimate of drug-likeness (QED) is 0.811. The van der Waals surface area contributed by atoms with Crippen LogP contribution in [0.2, 0.25) is 0 Å². The van der Waals surface area contributed by atoms with Gasteiger partial charge in [0, 0.05) is 57.2 Å². The van der Waals surface area contributed by atoms with Crippen LogP contribution in [0.25, 0.3) is 0 Å². The molecule has 146 valence electrons. The molecule has 3 heterocycles. The predicted molar refractivity (Wildman–Crippen MR) is 98.4 cm³/mol. The average molecular weight is 374 g/mol. The maximum absolute atomic E-state index is 12.7. The predicted octanol–water partition coefficient (Wildman–Crippen LogP) is 1.01. The van der Waals surface area contributed by atoms with Gasteiger partial charge in [-0.1, -0.05) is 0 Å². The Morgan fingerprint density at radius 3 is 2.48 bits per heavy atom. The molecule has 1 N–H and O–H groups in total. The Morgan fingerprint density at radius 1 is 1.22 bits per heavy atom. The number of aryl methyl sites for hydroxylation is 2. The number of hydrogen-bond donors (Lipinski definition) is 1. The number of aromatic carboxylic acids is 1. The SMILES string of the molecule is CCn1cc(CN2CCN(C(=O)C(C)n3ccc(C(=O)O)n3)CC2)c(C)n1. The van der Waals surface area contributed by atoms with Gasteiger partial charge >= 0.3 is 5.97 Å². The van der Waals surface area contributed by atoms with E-state index in [4.69, 9.17) is 5.11 Å². The minimum absolute atomic E-state index is 0.0373. The smallest absolute Gasteiger partial charge is 0.356 e. The number of piperazine rings is 1. The first kappa shape index (κ1) is 19.1. The molecule has 27 heavy (non-hydrogen) atoms. The van der Waals surface area contributed by atoms with Gasteiger partial charge in [-0.25, -0.2) is 4.79 Å². The third kappa shape index (κ3) is 4.19. The van der Waals surface area contributed by atoms with Gasteiger partial charge in [0.15, 0.2) is 5.69 Å². The van der Waals surface area contributed by atoms with Gasteiger partial charge in [0.25, 0.3) is 0 Å². The molecule has 0 saturated carbocycles. The molecule has 9 heteroatoms. The number of nitrogens with zero attached hydrogens (tertiary/aromatic N) is 6. The van der Waals surface area contributed by atoms with Gasteiger partial charge in [-0.2, -0.15) is 10.2 Å². The van der Waals surface area contributed by atoms with E-state index < -0.39 is 12.0 Å². The van der Waals surface area contributed by atoms with Gasteiger partial charge in [0.05, 0.1) is 5.69 Å². The van der Waals surface area contributed by atoms with E-state index >= 15 is 0 Å². The Morgan fingerprint density at radius 2 is 1.93 bits per heavy atom. The number of amides is 1. The van der Waals surface area contributed by atoms with E-state index in [-0.39, 0.29) is 11.6 Å². The zero-order chi connectivity index (χ0) is 19.6. The normalized spacial score (nSPS) is 16.5. The molecular weight excluding hydrogens is 348 g/mol. The fourth-order valence-corrected chi connectivity index (χ4v) is 3.29. The lowest BCUT2D eigenvalue weighted by molar-refractivity contribution is -0.136. The highest BCUT2D eigenvalue weighted by Gasteiger charge is 2.27. The summed E-state index contributed by atoms with van der Waals surface area (Å²) in [6.45, 7) is 10.4. The molecule has 0 spiro atoms. The maximum atomic E-state index is 12.7. The van der Waals surface area contributed by atoms with E-state index in [0.717, 1.165) is 31.9 Å². The summed E-state index contributed by atoms with van der Waals surface area (Å²) in [5.74, 6) is -1.13. The van der Waals surface area contributed by atoms with E-state index in [2.05, 4.69) is 28.2 Å². The van der Waals surface area contributed by atoms with Crippen molar-refractivity contribution in [1.82, 2.24) is 29.4 Å². The van der Waals surface area contributed by atoms with Crippen LogP contribution < -0.4 is 0 Å². The molecule has 0 aliphatic carbocycles. The Kier molecular flexibility index (Phi) is 5.59. The molecule has 1 aliphatic heterocycles. The third-order valence-corrected chi connectivity index (χ3v) is 5.03. The van der Waals surface area contributed by atoms with Crippen LogP contribution in [0, 0.1) is 6.92 Å². The van der Waals surface area contributed by atoms with Crippen molar-refractivity contribution in [2.45, 2.75) is 39.9 Å². The summed E-state index contributed by atoms with van der Waals surface area (Å²) < 4.78 is 3.36. The van der Waals surface area contributed by atoms with Gasteiger partial charge in [-0.05, 0) is 26.8 Å². The minimum Gasteiger partial charge on any atom is -0.476 e. The molecule has 1 amide bonds. The average Bonchev–Trinajstić information content (AvgIpc) is 3.28. The first-order valence-corrected chi connectivity index (χ1v) is 9.21. The number of rotatable bonds is 6. The topological polar surface area (TPSA) is 96.5 Å². The van der Waals surface area contributed by atoms with Crippen molar-refractivity contribution < 1.29 is 14.7 Å². The van der Waals surface area contributed by atoms with Crippen molar-refractivity contribution in [1.29, 1.82) is 0 Å². The van der Waals surface area contributed by atoms with Gasteiger partial charge in [0.1, 0.15) is 6.04 Å². The summed E-state index contributed by atoms with van der Waals surface area (Å²) in [6.07, 6.45) is 3.63. The molecule has 0 radical (unpaired) electrons. The van der Waals surface area contributed by atoms with Crippen LogP contribution in [0.4, 0.5) is 0 Å². The van der Waals surface area contributed by atoms with Crippen LogP contribution in [-0.4, -0.2) is 72.5 Å². The van der Waals surface area contributed by atoms with E-state index in [1.165, 1.54) is 22.5 Å². The number of hydrogen-bond acceptors (Lipinski definition) is 5. The van der Waals surface area contributed by atoms with Crippen molar-refractivity contribution in [3.8, 4) is 0 Å². The Bertz CT molecular complexity index is 819. The molecule has 2 aromatic heterocycles. The third-order valence-electron chi connectivity index (χ3n) is 5.03. The molecule has 0 bridgehead atoms. The van der Waals surface area contributed by atoms with Crippen LogP contribution in [0.15, 0.2) is 18.5 Å². The van der Waals surface area contributed by atoms with Gasteiger partial charge < -0.3 is 10.0 Å². The van der Waals surface area contributed by atoms with Crippen LogP contribution in [-0.2, 0) is 17.9 Å². The molecule has 1 unspecified atom stereocenters. The highest BCUT2D eigenvalue weighted by Crippen LogP contribution is 2.15. The fraction of sp³-hybridized carbons (Fsp3) is 0.556. The second kappa shape index (κ2) is 7.91. The van der Waals surface area contributed by atoms with Gasteiger partial charge in [-0.3, -0.25) is 19.1 Å². The summed E-state index contributed by atoms with van der Waals surface area (Å²) in [7, 11) is 0. The monoisotopic (exact) mass is 374 g/mol. The molecule has 1 atom stereocenters. The molecule has 1 saturated heterocycles. The highest BCUT2D eigenvalue weighted by atomic mass is 16.4. The summed E-state index contributed by atoms with van der Waals surface area (Å²) >= 11 is 0. The lowest BCUT2D eigenvalue weighted by atomic mass is 10.2. The summed E-state index contributed by atoms with van der Waals surface area (Å²) in [6, 6.07) is 0.887. The summed E-state index contributed by atoms with van der Waals surface area (Å²) in [5.41, 5.74) is 2.22. The summed E-state index contributed by atoms with van der Waals surface area (Å²) in [4.78, 5) is 27.8. The molecule has 2 aromatic rings. The van der Waals surface area contributed by atoms with Crippen molar-refractivity contribution >= 4 is 11.9 Å². The number of aromatic nitrogens is 4. The Balaban J connectivity index is 1.55. The highest BCUT2D eigenvalue weighted by molar-refractivity contribution is 5.85. The fourth-order valence-electron chi connectivity index (χ4n) is 3.29.